The Hall–Kier alpha value is -1.87. The van der Waals surface area contributed by atoms with Gasteiger partial charge in [0.05, 0.1) is 6.54 Å². The van der Waals surface area contributed by atoms with Crippen LogP contribution in [-0.4, -0.2) is 29.9 Å². The number of nitrogens with zero attached hydrogens (tertiary/aromatic N) is 2. The fourth-order valence-electron chi connectivity index (χ4n) is 3.57. The van der Waals surface area contributed by atoms with Crippen LogP contribution in [0.1, 0.15) is 43.7 Å². The van der Waals surface area contributed by atoms with E-state index in [0.29, 0.717) is 11.7 Å². The minimum atomic E-state index is 0. The Labute approximate surface area is 206 Å². The lowest BCUT2D eigenvalue weighted by Crippen LogP contribution is -2.38. The van der Waals surface area contributed by atoms with Crippen LogP contribution in [-0.2, 0) is 17.8 Å². The summed E-state index contributed by atoms with van der Waals surface area (Å²) in [6.07, 6.45) is 6.93. The zero-order chi connectivity index (χ0) is 21.2. The van der Waals surface area contributed by atoms with Gasteiger partial charge in [0, 0.05) is 30.9 Å². The molecule has 0 aliphatic heterocycles. The van der Waals surface area contributed by atoms with Gasteiger partial charge in [-0.25, -0.2) is 9.98 Å². The predicted molar refractivity (Wildman–Crippen MR) is 138 cm³/mol. The molecular weight excluding hydrogens is 525 g/mol. The molecule has 3 N–H and O–H groups in total. The summed E-state index contributed by atoms with van der Waals surface area (Å²) in [5.74, 6) is 1.06. The van der Waals surface area contributed by atoms with Crippen molar-refractivity contribution in [1.82, 2.24) is 15.6 Å². The van der Waals surface area contributed by atoms with Crippen molar-refractivity contribution in [3.05, 3.63) is 58.9 Å². The highest BCUT2D eigenvalue weighted by Crippen LogP contribution is 2.26. The smallest absolute Gasteiger partial charge is 0.227 e. The van der Waals surface area contributed by atoms with Crippen molar-refractivity contribution in [2.24, 2.45) is 10.9 Å². The zero-order valence-corrected chi connectivity index (χ0v) is 21.0. The Bertz CT molecular complexity index is 853. The number of hydrogen-bond donors (Lipinski definition) is 3. The highest BCUT2D eigenvalue weighted by molar-refractivity contribution is 14.0. The lowest BCUT2D eigenvalue weighted by molar-refractivity contribution is -0.119. The van der Waals surface area contributed by atoms with Gasteiger partial charge in [0.15, 0.2) is 5.96 Å². The van der Waals surface area contributed by atoms with E-state index < -0.39 is 0 Å². The standard InChI is InChI=1S/C23H30ClN5O.HI/c1-2-25-23(26-13-12-17-10-11-21(24)27-15-17)28-16-18-6-5-9-20(14-18)29-22(30)19-7-3-4-8-19;/h5-6,9-11,14-15,19H,2-4,7-8,12-13,16H2,1H3,(H,29,30)(H2,25,26,28);1H. The summed E-state index contributed by atoms with van der Waals surface area (Å²) in [4.78, 5) is 21.1. The van der Waals surface area contributed by atoms with Crippen molar-refractivity contribution in [3.63, 3.8) is 0 Å². The zero-order valence-electron chi connectivity index (χ0n) is 17.9. The minimum Gasteiger partial charge on any atom is -0.357 e. The number of nitrogens with one attached hydrogen (secondary N) is 3. The first-order chi connectivity index (χ1) is 14.6. The van der Waals surface area contributed by atoms with Crippen molar-refractivity contribution < 1.29 is 4.79 Å². The Kier molecular flexibility index (Phi) is 11.1. The number of aromatic nitrogens is 1. The average molecular weight is 556 g/mol. The molecular formula is C23H31ClIN5O. The van der Waals surface area contributed by atoms with Gasteiger partial charge in [-0.2, -0.15) is 0 Å². The molecule has 0 bridgehead atoms. The number of carbonyl (C=O) groups is 1. The van der Waals surface area contributed by atoms with Crippen LogP contribution in [0.5, 0.6) is 0 Å². The predicted octanol–water partition coefficient (Wildman–Crippen LogP) is 4.78. The molecule has 0 unspecified atom stereocenters. The number of halogens is 2. The van der Waals surface area contributed by atoms with Crippen LogP contribution in [0.4, 0.5) is 5.69 Å². The maximum atomic E-state index is 12.4. The number of carbonyl (C=O) groups excluding carboxylic acids is 1. The Morgan fingerprint density at radius 3 is 2.68 bits per heavy atom. The molecule has 3 rings (SSSR count). The van der Waals surface area contributed by atoms with Crippen LogP contribution >= 0.6 is 35.6 Å². The molecule has 168 valence electrons. The molecule has 8 heteroatoms. The SMILES string of the molecule is CCNC(=NCc1cccc(NC(=O)C2CCCC2)c1)NCCc1ccc(Cl)nc1.I. The molecule has 0 spiro atoms. The lowest BCUT2D eigenvalue weighted by atomic mass is 10.1. The van der Waals surface area contributed by atoms with E-state index in [0.717, 1.165) is 68.0 Å². The van der Waals surface area contributed by atoms with Gasteiger partial charge in [0.2, 0.25) is 5.91 Å². The van der Waals surface area contributed by atoms with Crippen LogP contribution in [0.3, 0.4) is 0 Å². The molecule has 1 heterocycles. The fourth-order valence-corrected chi connectivity index (χ4v) is 3.68. The van der Waals surface area contributed by atoms with E-state index >= 15 is 0 Å². The van der Waals surface area contributed by atoms with Gasteiger partial charge < -0.3 is 16.0 Å². The summed E-state index contributed by atoms with van der Waals surface area (Å²) >= 11 is 5.83. The Morgan fingerprint density at radius 2 is 1.97 bits per heavy atom. The van der Waals surface area contributed by atoms with Gasteiger partial charge in [-0.05, 0) is 55.5 Å². The maximum absolute atomic E-state index is 12.4. The highest BCUT2D eigenvalue weighted by Gasteiger charge is 2.22. The van der Waals surface area contributed by atoms with E-state index in [1.807, 2.05) is 37.3 Å². The topological polar surface area (TPSA) is 78.4 Å². The second-order valence-electron chi connectivity index (χ2n) is 7.53. The monoisotopic (exact) mass is 555 g/mol. The van der Waals surface area contributed by atoms with Gasteiger partial charge in [-0.3, -0.25) is 4.79 Å². The summed E-state index contributed by atoms with van der Waals surface area (Å²) in [5.41, 5.74) is 3.01. The van der Waals surface area contributed by atoms with Gasteiger partial charge in [-0.1, -0.05) is 42.6 Å². The molecule has 1 aliphatic rings. The molecule has 31 heavy (non-hydrogen) atoms. The van der Waals surface area contributed by atoms with Gasteiger partial charge in [0.25, 0.3) is 0 Å². The van der Waals surface area contributed by atoms with E-state index in [1.165, 1.54) is 0 Å². The fraction of sp³-hybridized carbons (Fsp3) is 0.435. The maximum Gasteiger partial charge on any atom is 0.227 e. The van der Waals surface area contributed by atoms with E-state index in [4.69, 9.17) is 11.6 Å². The average Bonchev–Trinajstić information content (AvgIpc) is 3.29. The number of aliphatic imine (C=N–C) groups is 1. The van der Waals surface area contributed by atoms with E-state index in [2.05, 4.69) is 25.9 Å². The van der Waals surface area contributed by atoms with Crippen molar-refractivity contribution in [2.45, 2.75) is 45.6 Å². The molecule has 1 fully saturated rings. The number of amides is 1. The van der Waals surface area contributed by atoms with E-state index in [9.17, 15) is 4.79 Å². The number of benzene rings is 1. The number of hydrogen-bond acceptors (Lipinski definition) is 3. The van der Waals surface area contributed by atoms with Crippen molar-refractivity contribution in [2.75, 3.05) is 18.4 Å². The molecule has 1 saturated carbocycles. The number of pyridine rings is 1. The molecule has 6 nitrogen and oxygen atoms in total. The van der Waals surface area contributed by atoms with E-state index in [1.54, 1.807) is 12.3 Å². The van der Waals surface area contributed by atoms with Crippen molar-refractivity contribution in [1.29, 1.82) is 0 Å². The van der Waals surface area contributed by atoms with Crippen LogP contribution in [0.25, 0.3) is 0 Å². The highest BCUT2D eigenvalue weighted by atomic mass is 127. The quantitative estimate of drug-likeness (QED) is 0.190. The first-order valence-electron chi connectivity index (χ1n) is 10.7. The molecule has 2 aromatic rings. The third-order valence-electron chi connectivity index (χ3n) is 5.18. The summed E-state index contributed by atoms with van der Waals surface area (Å²) in [6, 6.07) is 11.7. The molecule has 1 aromatic heterocycles. The van der Waals surface area contributed by atoms with Crippen LogP contribution in [0.2, 0.25) is 5.15 Å². The van der Waals surface area contributed by atoms with Crippen LogP contribution in [0, 0.1) is 5.92 Å². The molecule has 1 aliphatic carbocycles. The lowest BCUT2D eigenvalue weighted by Gasteiger charge is -2.12. The third kappa shape index (κ3) is 8.65. The second-order valence-corrected chi connectivity index (χ2v) is 7.92. The first kappa shape index (κ1) is 25.4. The molecule has 1 amide bonds. The molecule has 0 atom stereocenters. The van der Waals surface area contributed by atoms with Gasteiger partial charge in [-0.15, -0.1) is 24.0 Å². The largest absolute Gasteiger partial charge is 0.357 e. The number of anilines is 1. The molecule has 0 radical (unpaired) electrons. The molecule has 1 aromatic carbocycles. The van der Waals surface area contributed by atoms with E-state index in [-0.39, 0.29) is 35.8 Å². The summed E-state index contributed by atoms with van der Waals surface area (Å²) in [5, 5.41) is 10.2. The minimum absolute atomic E-state index is 0. The molecule has 0 saturated heterocycles. The van der Waals surface area contributed by atoms with Crippen molar-refractivity contribution in [3.8, 4) is 0 Å². The van der Waals surface area contributed by atoms with Crippen LogP contribution in [0.15, 0.2) is 47.6 Å². The summed E-state index contributed by atoms with van der Waals surface area (Å²) in [6.45, 7) is 4.10. The summed E-state index contributed by atoms with van der Waals surface area (Å²) < 4.78 is 0. The normalized spacial score (nSPS) is 14.1. The Balaban J connectivity index is 0.00000341. The Morgan fingerprint density at radius 1 is 1.16 bits per heavy atom. The number of rotatable bonds is 8. The van der Waals surface area contributed by atoms with Crippen LogP contribution < -0.4 is 16.0 Å². The second kappa shape index (κ2) is 13.5. The van der Waals surface area contributed by atoms with Gasteiger partial charge in [0.1, 0.15) is 5.15 Å². The summed E-state index contributed by atoms with van der Waals surface area (Å²) in [7, 11) is 0. The first-order valence-corrected chi connectivity index (χ1v) is 11.0. The van der Waals surface area contributed by atoms with Crippen molar-refractivity contribution >= 4 is 53.1 Å². The third-order valence-corrected chi connectivity index (χ3v) is 5.40. The van der Waals surface area contributed by atoms with Gasteiger partial charge >= 0.3 is 0 Å². The number of guanidine groups is 1.